The highest BCUT2D eigenvalue weighted by atomic mass is 15.3. The van der Waals surface area contributed by atoms with Gasteiger partial charge in [0.25, 0.3) is 0 Å². The quantitative estimate of drug-likeness (QED) is 0.903. The lowest BCUT2D eigenvalue weighted by molar-refractivity contribution is 0.327. The van der Waals surface area contributed by atoms with Crippen molar-refractivity contribution in [1.29, 1.82) is 0 Å². The summed E-state index contributed by atoms with van der Waals surface area (Å²) in [6.45, 7) is 10.7. The highest BCUT2D eigenvalue weighted by Crippen LogP contribution is 2.21. The average Bonchev–Trinajstić information content (AvgIpc) is 2.65. The highest BCUT2D eigenvalue weighted by Gasteiger charge is 2.23. The average molecular weight is 291 g/mol. The molecule has 1 aromatic rings. The molecular formula is C16H29N5. The van der Waals surface area contributed by atoms with E-state index in [1.54, 1.807) is 0 Å². The van der Waals surface area contributed by atoms with Gasteiger partial charge in [0.15, 0.2) is 0 Å². The van der Waals surface area contributed by atoms with Gasteiger partial charge in [0.2, 0.25) is 5.95 Å². The van der Waals surface area contributed by atoms with Gasteiger partial charge in [0.1, 0.15) is 5.82 Å². The topological polar surface area (TPSA) is 44.3 Å². The molecule has 1 atom stereocenters. The second-order valence-corrected chi connectivity index (χ2v) is 5.99. The van der Waals surface area contributed by atoms with E-state index in [-0.39, 0.29) is 0 Å². The van der Waals surface area contributed by atoms with E-state index < -0.39 is 0 Å². The summed E-state index contributed by atoms with van der Waals surface area (Å²) in [6, 6.07) is 2.65. The SMILES string of the molecule is CCCNc1nc(C)cc(N2CCCN(C)CC2CC)n1. The predicted octanol–water partition coefficient (Wildman–Crippen LogP) is 2.53. The van der Waals surface area contributed by atoms with E-state index in [9.17, 15) is 0 Å². The molecular weight excluding hydrogens is 262 g/mol. The van der Waals surface area contributed by atoms with Gasteiger partial charge in [-0.05, 0) is 39.8 Å². The molecule has 2 heterocycles. The number of nitrogens with one attached hydrogen (secondary N) is 1. The number of anilines is 2. The third kappa shape index (κ3) is 4.30. The number of aryl methyl sites for hydroxylation is 1. The Labute approximate surface area is 128 Å². The number of aromatic nitrogens is 2. The first kappa shape index (κ1) is 16.0. The summed E-state index contributed by atoms with van der Waals surface area (Å²) < 4.78 is 0. The lowest BCUT2D eigenvalue weighted by Crippen LogP contribution is -2.40. The number of likely N-dealkylation sites (N-methyl/N-ethyl adjacent to an activating group) is 1. The van der Waals surface area contributed by atoms with Crippen LogP contribution in [0.25, 0.3) is 0 Å². The van der Waals surface area contributed by atoms with E-state index in [4.69, 9.17) is 4.98 Å². The summed E-state index contributed by atoms with van der Waals surface area (Å²) in [5, 5.41) is 3.31. The van der Waals surface area contributed by atoms with Crippen LogP contribution in [0.4, 0.5) is 11.8 Å². The smallest absolute Gasteiger partial charge is 0.224 e. The van der Waals surface area contributed by atoms with Gasteiger partial charge in [-0.15, -0.1) is 0 Å². The standard InChI is InChI=1S/C16H29N5/c1-5-8-17-16-18-13(3)11-15(19-16)21-10-7-9-20(4)12-14(21)6-2/h11,14H,5-10,12H2,1-4H3,(H,17,18,19). The zero-order valence-electron chi connectivity index (χ0n) is 13.9. The number of nitrogens with zero attached hydrogens (tertiary/aromatic N) is 4. The van der Waals surface area contributed by atoms with Crippen LogP contribution in [-0.2, 0) is 0 Å². The fourth-order valence-electron chi connectivity index (χ4n) is 2.91. The second-order valence-electron chi connectivity index (χ2n) is 5.99. The number of rotatable bonds is 5. The molecule has 1 saturated heterocycles. The Morgan fingerprint density at radius 2 is 2.10 bits per heavy atom. The molecule has 5 nitrogen and oxygen atoms in total. The van der Waals surface area contributed by atoms with Crippen LogP contribution in [0, 0.1) is 6.92 Å². The minimum atomic E-state index is 0.533. The van der Waals surface area contributed by atoms with Gasteiger partial charge in [0.05, 0.1) is 0 Å². The molecule has 1 aliphatic heterocycles. The first-order valence-corrected chi connectivity index (χ1v) is 8.18. The Kier molecular flexibility index (Phi) is 5.79. The molecule has 0 radical (unpaired) electrons. The van der Waals surface area contributed by atoms with E-state index in [0.717, 1.165) is 56.5 Å². The van der Waals surface area contributed by atoms with Gasteiger partial charge in [-0.2, -0.15) is 4.98 Å². The van der Waals surface area contributed by atoms with Crippen molar-refractivity contribution in [2.75, 3.05) is 43.4 Å². The van der Waals surface area contributed by atoms with Crippen molar-refractivity contribution in [3.63, 3.8) is 0 Å². The molecule has 1 aromatic heterocycles. The fourth-order valence-corrected chi connectivity index (χ4v) is 2.91. The predicted molar refractivity (Wildman–Crippen MR) is 89.1 cm³/mol. The van der Waals surface area contributed by atoms with Crippen molar-refractivity contribution in [3.05, 3.63) is 11.8 Å². The van der Waals surface area contributed by atoms with Crippen LogP contribution in [-0.4, -0.2) is 54.1 Å². The van der Waals surface area contributed by atoms with Crippen molar-refractivity contribution < 1.29 is 0 Å². The van der Waals surface area contributed by atoms with Crippen molar-refractivity contribution in [1.82, 2.24) is 14.9 Å². The van der Waals surface area contributed by atoms with Crippen LogP contribution in [0.1, 0.15) is 38.8 Å². The number of hydrogen-bond acceptors (Lipinski definition) is 5. The molecule has 0 spiro atoms. The zero-order valence-corrected chi connectivity index (χ0v) is 13.9. The van der Waals surface area contributed by atoms with E-state index in [1.807, 2.05) is 6.92 Å². The summed E-state index contributed by atoms with van der Waals surface area (Å²) in [6.07, 6.45) is 3.41. The maximum Gasteiger partial charge on any atom is 0.224 e. The third-order valence-corrected chi connectivity index (χ3v) is 4.04. The lowest BCUT2D eigenvalue weighted by atomic mass is 10.2. The Bertz CT molecular complexity index is 448. The molecule has 0 saturated carbocycles. The van der Waals surface area contributed by atoms with Crippen LogP contribution in [0.3, 0.4) is 0 Å². The van der Waals surface area contributed by atoms with Crippen LogP contribution in [0.5, 0.6) is 0 Å². The van der Waals surface area contributed by atoms with E-state index in [1.165, 1.54) is 6.42 Å². The normalized spacial score (nSPS) is 20.4. The molecule has 1 N–H and O–H groups in total. The van der Waals surface area contributed by atoms with Gasteiger partial charge in [-0.3, -0.25) is 0 Å². The third-order valence-electron chi connectivity index (χ3n) is 4.04. The molecule has 0 aromatic carbocycles. The van der Waals surface area contributed by atoms with Crippen molar-refractivity contribution >= 4 is 11.8 Å². The van der Waals surface area contributed by atoms with Crippen LogP contribution < -0.4 is 10.2 Å². The van der Waals surface area contributed by atoms with Crippen molar-refractivity contribution in [2.45, 2.75) is 46.1 Å². The van der Waals surface area contributed by atoms with Gasteiger partial charge in [-0.25, -0.2) is 4.98 Å². The second kappa shape index (κ2) is 7.59. The number of hydrogen-bond donors (Lipinski definition) is 1. The lowest BCUT2D eigenvalue weighted by Gasteiger charge is -2.31. The molecule has 0 aliphatic carbocycles. The van der Waals surface area contributed by atoms with E-state index in [0.29, 0.717) is 6.04 Å². The van der Waals surface area contributed by atoms with Gasteiger partial charge in [-0.1, -0.05) is 13.8 Å². The maximum atomic E-state index is 4.74. The summed E-state index contributed by atoms with van der Waals surface area (Å²) in [7, 11) is 2.21. The highest BCUT2D eigenvalue weighted by molar-refractivity contribution is 5.46. The Balaban J connectivity index is 2.23. The molecule has 21 heavy (non-hydrogen) atoms. The van der Waals surface area contributed by atoms with Crippen LogP contribution in [0.2, 0.25) is 0 Å². The Morgan fingerprint density at radius 3 is 2.81 bits per heavy atom. The van der Waals surface area contributed by atoms with E-state index >= 15 is 0 Å². The first-order valence-electron chi connectivity index (χ1n) is 8.18. The van der Waals surface area contributed by atoms with Crippen molar-refractivity contribution in [3.8, 4) is 0 Å². The minimum absolute atomic E-state index is 0.533. The van der Waals surface area contributed by atoms with Gasteiger partial charge in [0, 0.05) is 37.4 Å². The summed E-state index contributed by atoms with van der Waals surface area (Å²) in [5.74, 6) is 1.84. The van der Waals surface area contributed by atoms with Crippen LogP contribution in [0.15, 0.2) is 6.07 Å². The van der Waals surface area contributed by atoms with Crippen molar-refractivity contribution in [2.24, 2.45) is 0 Å². The first-order chi connectivity index (χ1) is 10.1. The molecule has 1 unspecified atom stereocenters. The molecule has 1 aliphatic rings. The monoisotopic (exact) mass is 291 g/mol. The Hall–Kier alpha value is -1.36. The summed E-state index contributed by atoms with van der Waals surface area (Å²) in [4.78, 5) is 14.1. The zero-order chi connectivity index (χ0) is 15.2. The van der Waals surface area contributed by atoms with E-state index in [2.05, 4.69) is 47.1 Å². The molecule has 5 heteroatoms. The Morgan fingerprint density at radius 1 is 1.29 bits per heavy atom. The maximum absolute atomic E-state index is 4.74. The minimum Gasteiger partial charge on any atom is -0.354 e. The molecule has 0 amide bonds. The fraction of sp³-hybridized carbons (Fsp3) is 0.750. The molecule has 118 valence electrons. The largest absolute Gasteiger partial charge is 0.354 e. The summed E-state index contributed by atoms with van der Waals surface area (Å²) >= 11 is 0. The van der Waals surface area contributed by atoms with Gasteiger partial charge < -0.3 is 15.1 Å². The molecule has 0 bridgehead atoms. The van der Waals surface area contributed by atoms with Gasteiger partial charge >= 0.3 is 0 Å². The molecule has 2 rings (SSSR count). The summed E-state index contributed by atoms with van der Waals surface area (Å²) in [5.41, 5.74) is 1.03. The molecule has 1 fully saturated rings. The van der Waals surface area contributed by atoms with Crippen LogP contribution >= 0.6 is 0 Å².